The van der Waals surface area contributed by atoms with Gasteiger partial charge in [0.15, 0.2) is 11.9 Å². The van der Waals surface area contributed by atoms with Crippen molar-refractivity contribution in [2.24, 2.45) is 5.92 Å². The predicted octanol–water partition coefficient (Wildman–Crippen LogP) is 3.83. The monoisotopic (exact) mass is 322 g/mol. The highest BCUT2D eigenvalue weighted by Gasteiger charge is 2.20. The number of aromatic nitrogens is 4. The van der Waals surface area contributed by atoms with Crippen LogP contribution in [0.3, 0.4) is 0 Å². The molecule has 0 radical (unpaired) electrons. The van der Waals surface area contributed by atoms with Crippen molar-refractivity contribution < 1.29 is 4.79 Å². The number of hydrogen-bond donors (Lipinski definition) is 0. The Morgan fingerprint density at radius 3 is 2.67 bits per heavy atom. The van der Waals surface area contributed by atoms with E-state index in [0.717, 1.165) is 52.7 Å². The van der Waals surface area contributed by atoms with Crippen LogP contribution in [0.15, 0.2) is 24.7 Å². The van der Waals surface area contributed by atoms with Crippen LogP contribution < -0.4 is 0 Å². The van der Waals surface area contributed by atoms with Crippen LogP contribution in [-0.4, -0.2) is 26.0 Å². The molecule has 0 saturated heterocycles. The highest BCUT2D eigenvalue weighted by atomic mass is 16.1. The topological polar surface area (TPSA) is 60.7 Å². The van der Waals surface area contributed by atoms with E-state index in [-0.39, 0.29) is 0 Å². The van der Waals surface area contributed by atoms with Crippen molar-refractivity contribution in [1.29, 1.82) is 0 Å². The Hall–Kier alpha value is -2.56. The maximum absolute atomic E-state index is 11.9. The molecule has 0 atom stereocenters. The highest BCUT2D eigenvalue weighted by Crippen LogP contribution is 2.33. The standard InChI is InChI=1S/C19H22N4O/c1-5-23-19-15(10-21-23)18(14-7-13(4)8-20-9-14)16(11-24)17(22-19)6-12(2)3/h7-12H,5-6H2,1-4H3. The van der Waals surface area contributed by atoms with Gasteiger partial charge in [-0.25, -0.2) is 9.67 Å². The van der Waals surface area contributed by atoms with E-state index >= 15 is 0 Å². The van der Waals surface area contributed by atoms with Gasteiger partial charge in [-0.05, 0) is 37.8 Å². The molecule has 0 unspecified atom stereocenters. The van der Waals surface area contributed by atoms with Crippen LogP contribution in [0.4, 0.5) is 0 Å². The molecule has 0 bridgehead atoms. The van der Waals surface area contributed by atoms with E-state index in [9.17, 15) is 4.79 Å². The van der Waals surface area contributed by atoms with Crippen molar-refractivity contribution >= 4 is 17.3 Å². The number of nitrogens with zero attached hydrogens (tertiary/aromatic N) is 4. The number of carbonyl (C=O) groups excluding carboxylic acids is 1. The minimum absolute atomic E-state index is 0.412. The van der Waals surface area contributed by atoms with Crippen LogP contribution in [0.25, 0.3) is 22.2 Å². The molecule has 0 aliphatic rings. The van der Waals surface area contributed by atoms with Gasteiger partial charge in [0.1, 0.15) is 0 Å². The van der Waals surface area contributed by atoms with Crippen LogP contribution in [0.1, 0.15) is 42.4 Å². The van der Waals surface area contributed by atoms with Gasteiger partial charge in [0.2, 0.25) is 0 Å². The number of fused-ring (bicyclic) bond motifs is 1. The minimum Gasteiger partial charge on any atom is -0.298 e. The molecule has 3 aromatic rings. The molecular weight excluding hydrogens is 300 g/mol. The van der Waals surface area contributed by atoms with E-state index in [4.69, 9.17) is 4.98 Å². The molecule has 0 fully saturated rings. The van der Waals surface area contributed by atoms with Crippen molar-refractivity contribution in [3.8, 4) is 11.1 Å². The van der Waals surface area contributed by atoms with E-state index < -0.39 is 0 Å². The van der Waals surface area contributed by atoms with Gasteiger partial charge in [-0.2, -0.15) is 5.10 Å². The number of pyridine rings is 2. The molecule has 0 aliphatic heterocycles. The van der Waals surface area contributed by atoms with E-state index in [1.807, 2.05) is 24.7 Å². The first-order chi connectivity index (χ1) is 11.5. The lowest BCUT2D eigenvalue weighted by atomic mass is 9.94. The number of hydrogen-bond acceptors (Lipinski definition) is 4. The Morgan fingerprint density at radius 1 is 1.25 bits per heavy atom. The SMILES string of the molecule is CCn1ncc2c(-c3cncc(C)c3)c(C=O)c(CC(C)C)nc21. The average molecular weight is 322 g/mol. The molecule has 3 heterocycles. The van der Waals surface area contributed by atoms with E-state index in [0.29, 0.717) is 11.5 Å². The van der Waals surface area contributed by atoms with Crippen LogP contribution in [0.5, 0.6) is 0 Å². The van der Waals surface area contributed by atoms with Gasteiger partial charge in [0.05, 0.1) is 11.9 Å². The van der Waals surface area contributed by atoms with Crippen LogP contribution >= 0.6 is 0 Å². The molecule has 0 N–H and O–H groups in total. The molecule has 5 heteroatoms. The molecule has 24 heavy (non-hydrogen) atoms. The second-order valence-corrected chi connectivity index (χ2v) is 6.51. The normalized spacial score (nSPS) is 11.4. The third kappa shape index (κ3) is 2.82. The molecule has 0 spiro atoms. The van der Waals surface area contributed by atoms with E-state index in [1.54, 1.807) is 12.4 Å². The van der Waals surface area contributed by atoms with Gasteiger partial charge in [0.25, 0.3) is 0 Å². The maximum Gasteiger partial charge on any atom is 0.158 e. The van der Waals surface area contributed by atoms with Gasteiger partial charge < -0.3 is 0 Å². The van der Waals surface area contributed by atoms with Crippen molar-refractivity contribution in [2.45, 2.75) is 40.7 Å². The predicted molar refractivity (Wildman–Crippen MR) is 95.1 cm³/mol. The zero-order valence-corrected chi connectivity index (χ0v) is 14.6. The number of aryl methyl sites for hydroxylation is 2. The fourth-order valence-corrected chi connectivity index (χ4v) is 3.05. The molecule has 124 valence electrons. The summed E-state index contributed by atoms with van der Waals surface area (Å²) in [6, 6.07) is 2.05. The quantitative estimate of drug-likeness (QED) is 0.670. The Bertz CT molecular complexity index is 896. The fraction of sp³-hybridized carbons (Fsp3) is 0.368. The molecule has 0 aliphatic carbocycles. The number of aldehydes is 1. The first-order valence-electron chi connectivity index (χ1n) is 8.30. The van der Waals surface area contributed by atoms with Crippen LogP contribution in [-0.2, 0) is 13.0 Å². The summed E-state index contributed by atoms with van der Waals surface area (Å²) in [7, 11) is 0. The van der Waals surface area contributed by atoms with Crippen LogP contribution in [0, 0.1) is 12.8 Å². The second-order valence-electron chi connectivity index (χ2n) is 6.51. The third-order valence-corrected chi connectivity index (χ3v) is 4.08. The molecule has 5 nitrogen and oxygen atoms in total. The summed E-state index contributed by atoms with van der Waals surface area (Å²) in [6.07, 6.45) is 7.09. The number of rotatable bonds is 5. The van der Waals surface area contributed by atoms with Gasteiger partial charge in [-0.1, -0.05) is 13.8 Å². The maximum atomic E-state index is 11.9. The summed E-state index contributed by atoms with van der Waals surface area (Å²) in [6.45, 7) is 9.04. The van der Waals surface area contributed by atoms with Crippen molar-refractivity contribution in [3.05, 3.63) is 41.5 Å². The average Bonchev–Trinajstić information content (AvgIpc) is 2.95. The van der Waals surface area contributed by atoms with E-state index in [1.165, 1.54) is 0 Å². The van der Waals surface area contributed by atoms with Crippen LogP contribution in [0.2, 0.25) is 0 Å². The zero-order chi connectivity index (χ0) is 17.3. The lowest BCUT2D eigenvalue weighted by Gasteiger charge is -2.14. The summed E-state index contributed by atoms with van der Waals surface area (Å²) in [4.78, 5) is 21.0. The first-order valence-corrected chi connectivity index (χ1v) is 8.30. The zero-order valence-electron chi connectivity index (χ0n) is 14.6. The molecular formula is C19H22N4O. The minimum atomic E-state index is 0.412. The third-order valence-electron chi connectivity index (χ3n) is 4.08. The van der Waals surface area contributed by atoms with E-state index in [2.05, 4.69) is 30.0 Å². The lowest BCUT2D eigenvalue weighted by molar-refractivity contribution is 0.112. The summed E-state index contributed by atoms with van der Waals surface area (Å²) < 4.78 is 1.88. The second kappa shape index (κ2) is 6.51. The fourth-order valence-electron chi connectivity index (χ4n) is 3.05. The van der Waals surface area contributed by atoms with Crippen molar-refractivity contribution in [2.75, 3.05) is 0 Å². The highest BCUT2D eigenvalue weighted by molar-refractivity contribution is 6.02. The summed E-state index contributed by atoms with van der Waals surface area (Å²) in [5.41, 5.74) is 5.20. The molecule has 0 amide bonds. The Kier molecular flexibility index (Phi) is 4.42. The smallest absolute Gasteiger partial charge is 0.158 e. The number of carbonyl (C=O) groups is 1. The van der Waals surface area contributed by atoms with Gasteiger partial charge in [-0.15, -0.1) is 0 Å². The Morgan fingerprint density at radius 2 is 2.04 bits per heavy atom. The molecule has 0 aromatic carbocycles. The van der Waals surface area contributed by atoms with Gasteiger partial charge in [0, 0.05) is 41.0 Å². The van der Waals surface area contributed by atoms with Gasteiger partial charge >= 0.3 is 0 Å². The summed E-state index contributed by atoms with van der Waals surface area (Å²) in [5.74, 6) is 0.412. The van der Waals surface area contributed by atoms with Gasteiger partial charge in [-0.3, -0.25) is 9.78 Å². The molecule has 0 saturated carbocycles. The Balaban J connectivity index is 2.39. The molecule has 3 rings (SSSR count). The lowest BCUT2D eigenvalue weighted by Crippen LogP contribution is -2.07. The summed E-state index contributed by atoms with van der Waals surface area (Å²) in [5, 5.41) is 5.34. The first kappa shape index (κ1) is 16.3. The van der Waals surface area contributed by atoms with Crippen molar-refractivity contribution in [3.63, 3.8) is 0 Å². The van der Waals surface area contributed by atoms with Crippen molar-refractivity contribution in [1.82, 2.24) is 19.7 Å². The molecule has 3 aromatic heterocycles. The largest absolute Gasteiger partial charge is 0.298 e. The summed E-state index contributed by atoms with van der Waals surface area (Å²) >= 11 is 0. The Labute approximate surface area is 141 Å².